The van der Waals surface area contributed by atoms with Crippen molar-refractivity contribution in [3.05, 3.63) is 39.8 Å². The van der Waals surface area contributed by atoms with E-state index in [0.29, 0.717) is 0 Å². The van der Waals surface area contributed by atoms with E-state index in [1.165, 1.54) is 6.92 Å². The fourth-order valence-corrected chi connectivity index (χ4v) is 2.62. The Morgan fingerprint density at radius 3 is 2.45 bits per heavy atom. The van der Waals surface area contributed by atoms with Gasteiger partial charge < -0.3 is 9.15 Å². The van der Waals surface area contributed by atoms with Crippen LogP contribution >= 0.6 is 0 Å². The van der Waals surface area contributed by atoms with Crippen LogP contribution in [0.4, 0.5) is 22.0 Å². The molecule has 118 valence electrons. The number of hydrogen-bond donors (Lipinski definition) is 0. The molecule has 22 heavy (non-hydrogen) atoms. The largest absolute Gasteiger partial charge is 0.470 e. The molecule has 0 fully saturated rings. The number of ether oxygens (including phenoxy) is 1. The summed E-state index contributed by atoms with van der Waals surface area (Å²) in [4.78, 5) is 11.8. The molecule has 3 rings (SSSR count). The summed E-state index contributed by atoms with van der Waals surface area (Å²) in [5.41, 5.74) is -4.77. The molecule has 2 aromatic rings. The number of hydrogen-bond acceptors (Lipinski definition) is 3. The molecule has 1 aliphatic rings. The second kappa shape index (κ2) is 4.21. The smallest absolute Gasteiger partial charge is 0.428 e. The second-order valence-electron chi connectivity index (χ2n) is 5.30. The van der Waals surface area contributed by atoms with Crippen molar-refractivity contribution in [2.75, 3.05) is 0 Å². The Labute approximate surface area is 120 Å². The molecule has 0 saturated heterocycles. The second-order valence-corrected chi connectivity index (χ2v) is 5.30. The zero-order valence-electron chi connectivity index (χ0n) is 11.3. The van der Waals surface area contributed by atoms with Gasteiger partial charge in [0.1, 0.15) is 0 Å². The Morgan fingerprint density at radius 2 is 1.86 bits per heavy atom. The standard InChI is InChI=1S/C14H9F5O3/c1-5-8-6-3-4-7(15)9(16)10(6)21-12(20)11(8)22-13(5,2)14(17,18)19/h3-5H,1-2H3/t5-,13+/m0/s1. The van der Waals surface area contributed by atoms with Gasteiger partial charge in [0.15, 0.2) is 11.4 Å². The number of alkyl halides is 3. The van der Waals surface area contributed by atoms with Crippen molar-refractivity contribution < 1.29 is 31.1 Å². The summed E-state index contributed by atoms with van der Waals surface area (Å²) in [6.07, 6.45) is -4.76. The summed E-state index contributed by atoms with van der Waals surface area (Å²) in [7, 11) is 0. The topological polar surface area (TPSA) is 39.4 Å². The maximum Gasteiger partial charge on any atom is 0.428 e. The normalized spacial score (nSPS) is 24.4. The third-order valence-corrected chi connectivity index (χ3v) is 4.10. The lowest BCUT2D eigenvalue weighted by atomic mass is 9.85. The fourth-order valence-electron chi connectivity index (χ4n) is 2.62. The van der Waals surface area contributed by atoms with Crippen LogP contribution in [0.1, 0.15) is 25.3 Å². The number of benzene rings is 1. The summed E-state index contributed by atoms with van der Waals surface area (Å²) < 4.78 is 76.1. The summed E-state index contributed by atoms with van der Waals surface area (Å²) >= 11 is 0. The molecule has 2 atom stereocenters. The Bertz CT molecular complexity index is 839. The van der Waals surface area contributed by atoms with Crippen molar-refractivity contribution in [3.8, 4) is 5.75 Å². The molecule has 0 N–H and O–H groups in total. The van der Waals surface area contributed by atoms with Crippen molar-refractivity contribution >= 4 is 11.0 Å². The third kappa shape index (κ3) is 1.69. The van der Waals surface area contributed by atoms with Gasteiger partial charge in [-0.1, -0.05) is 6.92 Å². The van der Waals surface area contributed by atoms with Crippen LogP contribution in [0.5, 0.6) is 5.75 Å². The molecule has 0 unspecified atom stereocenters. The van der Waals surface area contributed by atoms with E-state index < -0.39 is 46.3 Å². The number of fused-ring (bicyclic) bond motifs is 3. The van der Waals surface area contributed by atoms with Crippen molar-refractivity contribution in [1.82, 2.24) is 0 Å². The van der Waals surface area contributed by atoms with E-state index in [1.807, 2.05) is 0 Å². The molecule has 1 aromatic heterocycles. The third-order valence-electron chi connectivity index (χ3n) is 4.10. The highest BCUT2D eigenvalue weighted by atomic mass is 19.4. The quantitative estimate of drug-likeness (QED) is 0.546. The molecule has 0 bridgehead atoms. The van der Waals surface area contributed by atoms with Gasteiger partial charge in [0.2, 0.25) is 17.2 Å². The van der Waals surface area contributed by atoms with Crippen molar-refractivity contribution in [2.24, 2.45) is 0 Å². The Hall–Kier alpha value is -2.12. The first-order valence-corrected chi connectivity index (χ1v) is 6.28. The van der Waals surface area contributed by atoms with Gasteiger partial charge in [-0.25, -0.2) is 9.18 Å². The zero-order chi connectivity index (χ0) is 16.4. The summed E-state index contributed by atoms with van der Waals surface area (Å²) in [6, 6.07) is 1.82. The van der Waals surface area contributed by atoms with Crippen LogP contribution in [0.2, 0.25) is 0 Å². The molecule has 0 saturated carbocycles. The first kappa shape index (κ1) is 14.8. The van der Waals surface area contributed by atoms with Gasteiger partial charge in [-0.3, -0.25) is 0 Å². The van der Waals surface area contributed by atoms with E-state index in [-0.39, 0.29) is 10.9 Å². The Kier molecular flexibility index (Phi) is 2.83. The van der Waals surface area contributed by atoms with Gasteiger partial charge in [-0.15, -0.1) is 0 Å². The Morgan fingerprint density at radius 1 is 1.23 bits per heavy atom. The summed E-state index contributed by atoms with van der Waals surface area (Å²) in [6.45, 7) is 2.00. The fraction of sp³-hybridized carbons (Fsp3) is 0.357. The van der Waals surface area contributed by atoms with Gasteiger partial charge in [0.05, 0.1) is 0 Å². The van der Waals surface area contributed by atoms with E-state index in [4.69, 9.17) is 4.74 Å². The van der Waals surface area contributed by atoms with Crippen molar-refractivity contribution in [3.63, 3.8) is 0 Å². The van der Waals surface area contributed by atoms with Crippen LogP contribution < -0.4 is 10.4 Å². The lowest BCUT2D eigenvalue weighted by Crippen LogP contribution is -2.48. The van der Waals surface area contributed by atoms with Gasteiger partial charge in [0, 0.05) is 16.9 Å². The van der Waals surface area contributed by atoms with Gasteiger partial charge in [0.25, 0.3) is 0 Å². The van der Waals surface area contributed by atoms with E-state index in [1.54, 1.807) is 0 Å². The SMILES string of the molecule is C[C@H]1c2c(c(=O)oc3c(F)c(F)ccc23)O[C@@]1(C)C(F)(F)F. The van der Waals surface area contributed by atoms with Crippen LogP contribution in [0.15, 0.2) is 21.3 Å². The molecule has 1 aromatic carbocycles. The van der Waals surface area contributed by atoms with E-state index >= 15 is 0 Å². The van der Waals surface area contributed by atoms with Gasteiger partial charge in [-0.2, -0.15) is 17.6 Å². The van der Waals surface area contributed by atoms with Crippen LogP contribution in [-0.2, 0) is 0 Å². The summed E-state index contributed by atoms with van der Waals surface area (Å²) in [5, 5.41) is -0.117. The molecule has 8 heteroatoms. The molecule has 0 aliphatic carbocycles. The average Bonchev–Trinajstić information content (AvgIpc) is 2.70. The highest BCUT2D eigenvalue weighted by Crippen LogP contribution is 2.52. The van der Waals surface area contributed by atoms with Crippen molar-refractivity contribution in [1.29, 1.82) is 0 Å². The maximum atomic E-state index is 13.7. The molecule has 0 amide bonds. The minimum absolute atomic E-state index is 0.117. The molecular formula is C14H9F5O3. The first-order chi connectivity index (χ1) is 10.1. The molecule has 2 heterocycles. The average molecular weight is 320 g/mol. The minimum atomic E-state index is -4.76. The molecule has 3 nitrogen and oxygen atoms in total. The van der Waals surface area contributed by atoms with Crippen LogP contribution in [-0.4, -0.2) is 11.8 Å². The first-order valence-electron chi connectivity index (χ1n) is 6.28. The lowest BCUT2D eigenvalue weighted by molar-refractivity contribution is -0.241. The monoisotopic (exact) mass is 320 g/mol. The van der Waals surface area contributed by atoms with E-state index in [2.05, 4.69) is 4.42 Å². The molecular weight excluding hydrogens is 311 g/mol. The van der Waals surface area contributed by atoms with Gasteiger partial charge in [-0.05, 0) is 19.1 Å². The maximum absolute atomic E-state index is 13.7. The van der Waals surface area contributed by atoms with Crippen LogP contribution in [0.25, 0.3) is 11.0 Å². The minimum Gasteiger partial charge on any atom is -0.470 e. The molecule has 0 spiro atoms. The van der Waals surface area contributed by atoms with Crippen LogP contribution in [0, 0.1) is 11.6 Å². The zero-order valence-corrected chi connectivity index (χ0v) is 11.3. The molecule has 1 aliphatic heterocycles. The Balaban J connectivity index is 2.38. The van der Waals surface area contributed by atoms with E-state index in [9.17, 15) is 26.7 Å². The number of rotatable bonds is 0. The highest BCUT2D eigenvalue weighted by molar-refractivity contribution is 5.84. The van der Waals surface area contributed by atoms with Crippen molar-refractivity contribution in [2.45, 2.75) is 31.5 Å². The van der Waals surface area contributed by atoms with E-state index in [0.717, 1.165) is 19.1 Å². The van der Waals surface area contributed by atoms with Crippen LogP contribution in [0.3, 0.4) is 0 Å². The number of halogens is 5. The van der Waals surface area contributed by atoms with Gasteiger partial charge >= 0.3 is 11.8 Å². The molecule has 0 radical (unpaired) electrons. The predicted molar refractivity (Wildman–Crippen MR) is 65.9 cm³/mol. The highest BCUT2D eigenvalue weighted by Gasteiger charge is 2.62. The predicted octanol–water partition coefficient (Wildman–Crippen LogP) is 3.89. The lowest BCUT2D eigenvalue weighted by Gasteiger charge is -2.30. The summed E-state index contributed by atoms with van der Waals surface area (Å²) in [5.74, 6) is -4.60.